The van der Waals surface area contributed by atoms with Gasteiger partial charge in [-0.2, -0.15) is 0 Å². The maximum absolute atomic E-state index is 13.7. The number of methoxy groups -OCH3 is 1. The van der Waals surface area contributed by atoms with E-state index < -0.39 is 17.6 Å². The van der Waals surface area contributed by atoms with Gasteiger partial charge in [0.25, 0.3) is 5.91 Å². The fourth-order valence-electron chi connectivity index (χ4n) is 3.46. The largest absolute Gasteiger partial charge is 0.486 e. The molecular formula is C22H19F2NO4S2. The highest BCUT2D eigenvalue weighted by atomic mass is 32.1. The lowest BCUT2D eigenvalue weighted by atomic mass is 9.95. The summed E-state index contributed by atoms with van der Waals surface area (Å²) in [5.41, 5.74) is 2.10. The van der Waals surface area contributed by atoms with Crippen LogP contribution in [-0.4, -0.2) is 19.0 Å². The van der Waals surface area contributed by atoms with E-state index in [1.807, 2.05) is 0 Å². The van der Waals surface area contributed by atoms with Gasteiger partial charge in [-0.1, -0.05) is 0 Å². The Kier molecular flexibility index (Phi) is 6.33. The fourth-order valence-corrected chi connectivity index (χ4v) is 5.52. The molecule has 1 aromatic carbocycles. The first kappa shape index (κ1) is 21.5. The lowest BCUT2D eigenvalue weighted by molar-refractivity contribution is 0.0601. The van der Waals surface area contributed by atoms with E-state index in [0.717, 1.165) is 48.3 Å². The van der Waals surface area contributed by atoms with Crippen molar-refractivity contribution in [3.05, 3.63) is 67.7 Å². The van der Waals surface area contributed by atoms with E-state index in [-0.39, 0.29) is 18.3 Å². The molecular weight excluding hydrogens is 444 g/mol. The monoisotopic (exact) mass is 463 g/mol. The number of halogens is 2. The molecule has 0 spiro atoms. The summed E-state index contributed by atoms with van der Waals surface area (Å²) in [6, 6.07) is 4.73. The van der Waals surface area contributed by atoms with Crippen LogP contribution in [0.25, 0.3) is 0 Å². The van der Waals surface area contributed by atoms with Gasteiger partial charge in [0.15, 0.2) is 11.6 Å². The molecule has 2 heterocycles. The van der Waals surface area contributed by atoms with Crippen molar-refractivity contribution in [2.75, 3.05) is 12.4 Å². The normalized spacial score (nSPS) is 12.9. The van der Waals surface area contributed by atoms with Crippen molar-refractivity contribution in [3.8, 4) is 5.75 Å². The molecule has 1 aliphatic rings. The molecule has 0 saturated carbocycles. The summed E-state index contributed by atoms with van der Waals surface area (Å²) in [5.74, 6) is -2.32. The highest BCUT2D eigenvalue weighted by Crippen LogP contribution is 2.39. The van der Waals surface area contributed by atoms with Crippen molar-refractivity contribution in [1.82, 2.24) is 0 Å². The minimum absolute atomic E-state index is 0.0348. The molecule has 4 rings (SSSR count). The van der Waals surface area contributed by atoms with E-state index in [9.17, 15) is 18.4 Å². The first-order valence-corrected chi connectivity index (χ1v) is 11.4. The Hall–Kier alpha value is -2.78. The minimum atomic E-state index is -0.787. The van der Waals surface area contributed by atoms with Crippen LogP contribution in [0.2, 0.25) is 0 Å². The highest BCUT2D eigenvalue weighted by Gasteiger charge is 2.27. The third kappa shape index (κ3) is 4.62. The molecule has 0 unspecified atom stereocenters. The molecule has 1 aliphatic carbocycles. The lowest BCUT2D eigenvalue weighted by Gasteiger charge is -2.11. The van der Waals surface area contributed by atoms with E-state index in [0.29, 0.717) is 21.0 Å². The van der Waals surface area contributed by atoms with Crippen LogP contribution in [0, 0.1) is 11.6 Å². The zero-order valence-corrected chi connectivity index (χ0v) is 18.3. The van der Waals surface area contributed by atoms with Crippen molar-refractivity contribution >= 4 is 39.6 Å². The Morgan fingerprint density at radius 2 is 1.97 bits per heavy atom. The summed E-state index contributed by atoms with van der Waals surface area (Å²) in [4.78, 5) is 26.6. The maximum atomic E-state index is 13.7. The van der Waals surface area contributed by atoms with Gasteiger partial charge in [-0.25, -0.2) is 13.6 Å². The van der Waals surface area contributed by atoms with Crippen LogP contribution >= 0.6 is 22.7 Å². The lowest BCUT2D eigenvalue weighted by Crippen LogP contribution is -2.14. The number of fused-ring (bicyclic) bond motifs is 1. The van der Waals surface area contributed by atoms with Gasteiger partial charge < -0.3 is 14.8 Å². The van der Waals surface area contributed by atoms with E-state index in [1.165, 1.54) is 35.8 Å². The third-order valence-electron chi connectivity index (χ3n) is 4.95. The zero-order valence-electron chi connectivity index (χ0n) is 16.6. The van der Waals surface area contributed by atoms with Crippen LogP contribution in [0.1, 0.15) is 48.9 Å². The van der Waals surface area contributed by atoms with Gasteiger partial charge in [0.05, 0.1) is 17.6 Å². The SMILES string of the molecule is COC(=O)c1c(NC(=O)c2cc(COc3ccc(F)cc3F)cs2)sc2c1CCCC2. The Bertz CT molecular complexity index is 1140. The van der Waals surface area contributed by atoms with Gasteiger partial charge in [-0.3, -0.25) is 4.79 Å². The van der Waals surface area contributed by atoms with Gasteiger partial charge in [0.1, 0.15) is 17.4 Å². The number of rotatable bonds is 6. The Morgan fingerprint density at radius 1 is 1.16 bits per heavy atom. The molecule has 31 heavy (non-hydrogen) atoms. The van der Waals surface area contributed by atoms with Crippen molar-refractivity contribution in [1.29, 1.82) is 0 Å². The Morgan fingerprint density at radius 3 is 2.74 bits per heavy atom. The Labute approximate surface area is 185 Å². The van der Waals surface area contributed by atoms with Crippen LogP contribution < -0.4 is 10.1 Å². The summed E-state index contributed by atoms with van der Waals surface area (Å²) in [6.07, 6.45) is 3.75. The number of aryl methyl sites for hydroxylation is 1. The number of anilines is 1. The zero-order chi connectivity index (χ0) is 22.0. The summed E-state index contributed by atoms with van der Waals surface area (Å²) in [6.45, 7) is 0.0348. The number of esters is 1. The summed E-state index contributed by atoms with van der Waals surface area (Å²) in [7, 11) is 1.33. The molecule has 1 N–H and O–H groups in total. The predicted molar refractivity (Wildman–Crippen MR) is 115 cm³/mol. The van der Waals surface area contributed by atoms with Gasteiger partial charge in [-0.15, -0.1) is 22.7 Å². The number of carbonyl (C=O) groups excluding carboxylic acids is 2. The molecule has 0 saturated heterocycles. The van der Waals surface area contributed by atoms with Gasteiger partial charge in [0.2, 0.25) is 0 Å². The average molecular weight is 464 g/mol. The Balaban J connectivity index is 1.47. The minimum Gasteiger partial charge on any atom is -0.486 e. The number of nitrogens with one attached hydrogen (secondary N) is 1. The summed E-state index contributed by atoms with van der Waals surface area (Å²) in [5, 5.41) is 5.08. The van der Waals surface area contributed by atoms with Crippen molar-refractivity contribution in [2.45, 2.75) is 32.3 Å². The molecule has 0 radical (unpaired) electrons. The molecule has 0 bridgehead atoms. The molecule has 162 valence electrons. The first-order valence-electron chi connectivity index (χ1n) is 9.65. The topological polar surface area (TPSA) is 64.6 Å². The number of carbonyl (C=O) groups is 2. The number of hydrogen-bond donors (Lipinski definition) is 1. The summed E-state index contributed by atoms with van der Waals surface area (Å²) >= 11 is 2.64. The van der Waals surface area contributed by atoms with E-state index in [2.05, 4.69) is 5.32 Å². The van der Waals surface area contributed by atoms with Crippen LogP contribution in [0.5, 0.6) is 5.75 Å². The van der Waals surface area contributed by atoms with Crippen LogP contribution in [0.4, 0.5) is 13.8 Å². The van der Waals surface area contributed by atoms with Crippen LogP contribution in [0.15, 0.2) is 29.6 Å². The number of ether oxygens (including phenoxy) is 2. The number of hydrogen-bond acceptors (Lipinski definition) is 6. The van der Waals surface area contributed by atoms with Gasteiger partial charge in [0, 0.05) is 16.5 Å². The molecule has 0 atom stereocenters. The first-order chi connectivity index (χ1) is 15.0. The number of thiophene rings is 2. The fraction of sp³-hybridized carbons (Fsp3) is 0.273. The quantitative estimate of drug-likeness (QED) is 0.485. The second kappa shape index (κ2) is 9.15. The molecule has 1 amide bonds. The molecule has 3 aromatic rings. The van der Waals surface area contributed by atoms with Crippen molar-refractivity contribution < 1.29 is 27.8 Å². The van der Waals surface area contributed by atoms with Crippen molar-refractivity contribution in [3.63, 3.8) is 0 Å². The standard InChI is InChI=1S/C22H19F2NO4S2/c1-28-22(27)19-14-4-2-3-5-17(14)31-21(19)25-20(26)18-8-12(11-30-18)10-29-16-7-6-13(23)9-15(16)24/h6-9,11H,2-5,10H2,1H3,(H,25,26). The van der Waals surface area contributed by atoms with Crippen LogP contribution in [-0.2, 0) is 24.2 Å². The number of benzene rings is 1. The molecule has 5 nitrogen and oxygen atoms in total. The van der Waals surface area contributed by atoms with E-state index >= 15 is 0 Å². The average Bonchev–Trinajstić information content (AvgIpc) is 3.37. The highest BCUT2D eigenvalue weighted by molar-refractivity contribution is 7.17. The van der Waals surface area contributed by atoms with E-state index in [1.54, 1.807) is 11.4 Å². The van der Waals surface area contributed by atoms with Gasteiger partial charge in [-0.05, 0) is 54.8 Å². The molecule has 9 heteroatoms. The maximum Gasteiger partial charge on any atom is 0.341 e. The smallest absolute Gasteiger partial charge is 0.341 e. The molecule has 0 aliphatic heterocycles. The second-order valence-electron chi connectivity index (χ2n) is 7.04. The van der Waals surface area contributed by atoms with Crippen LogP contribution in [0.3, 0.4) is 0 Å². The van der Waals surface area contributed by atoms with E-state index in [4.69, 9.17) is 9.47 Å². The predicted octanol–water partition coefficient (Wildman–Crippen LogP) is 5.58. The van der Waals surface area contributed by atoms with Crippen molar-refractivity contribution in [2.24, 2.45) is 0 Å². The third-order valence-corrected chi connectivity index (χ3v) is 7.14. The molecule has 0 fully saturated rings. The second-order valence-corrected chi connectivity index (χ2v) is 9.06. The molecule has 2 aromatic heterocycles. The summed E-state index contributed by atoms with van der Waals surface area (Å²) < 4.78 is 37.0. The number of amides is 1. The van der Waals surface area contributed by atoms with Gasteiger partial charge >= 0.3 is 5.97 Å².